The Morgan fingerprint density at radius 1 is 1.40 bits per heavy atom. The van der Waals surface area contributed by atoms with E-state index in [9.17, 15) is 4.79 Å². The highest BCUT2D eigenvalue weighted by atomic mass is 16.6. The molecular weight excluding hydrogens is 192 g/mol. The second kappa shape index (κ2) is 8.72. The van der Waals surface area contributed by atoms with Crippen molar-refractivity contribution in [2.75, 3.05) is 6.61 Å². The minimum Gasteiger partial charge on any atom is -0.460 e. The van der Waals surface area contributed by atoms with Gasteiger partial charge in [0, 0.05) is 6.42 Å². The minimum atomic E-state index is -0.0920. The van der Waals surface area contributed by atoms with Crippen LogP contribution in [0.2, 0.25) is 0 Å². The predicted octanol–water partition coefficient (Wildman–Crippen LogP) is 2.92. The van der Waals surface area contributed by atoms with E-state index in [0.29, 0.717) is 19.1 Å². The van der Waals surface area contributed by atoms with Crippen molar-refractivity contribution in [3.8, 4) is 0 Å². The molecule has 2 unspecified atom stereocenters. The van der Waals surface area contributed by atoms with Gasteiger partial charge in [-0.3, -0.25) is 4.79 Å². The summed E-state index contributed by atoms with van der Waals surface area (Å²) in [6.07, 6.45) is 3.62. The van der Waals surface area contributed by atoms with E-state index in [1.165, 1.54) is 0 Å². The molecule has 0 aromatic rings. The molecule has 1 heterocycles. The van der Waals surface area contributed by atoms with Gasteiger partial charge >= 0.3 is 5.97 Å². The fraction of sp³-hybridized carbons (Fsp3) is 0.917. The van der Waals surface area contributed by atoms with Crippen molar-refractivity contribution in [1.82, 2.24) is 0 Å². The Labute approximate surface area is 93.1 Å². The van der Waals surface area contributed by atoms with Gasteiger partial charge in [0.25, 0.3) is 0 Å². The lowest BCUT2D eigenvalue weighted by Gasteiger charge is -2.26. The average molecular weight is 216 g/mol. The van der Waals surface area contributed by atoms with Crippen LogP contribution in [0.15, 0.2) is 0 Å². The summed E-state index contributed by atoms with van der Waals surface area (Å²) >= 11 is 0. The number of hydrogen-bond donors (Lipinski definition) is 0. The standard InChI is InChI=1S/C10H18O3.C2H6/c1-3-4-10(11)13-9-6-5-8(2)12-7-9;1-2/h8-9H,3-7H2,1-2H3;1-2H3. The van der Waals surface area contributed by atoms with Crippen LogP contribution in [0.3, 0.4) is 0 Å². The monoisotopic (exact) mass is 216 g/mol. The zero-order valence-electron chi connectivity index (χ0n) is 10.4. The molecule has 15 heavy (non-hydrogen) atoms. The van der Waals surface area contributed by atoms with Crippen LogP contribution in [0.1, 0.15) is 53.4 Å². The van der Waals surface area contributed by atoms with Gasteiger partial charge in [-0.05, 0) is 26.2 Å². The SMILES string of the molecule is CC.CCCC(=O)OC1CCC(C)OC1. The van der Waals surface area contributed by atoms with E-state index in [2.05, 4.69) is 0 Å². The number of carbonyl (C=O) groups is 1. The lowest BCUT2D eigenvalue weighted by atomic mass is 10.1. The van der Waals surface area contributed by atoms with Crippen molar-refractivity contribution in [2.45, 2.75) is 65.6 Å². The molecule has 1 saturated heterocycles. The maximum absolute atomic E-state index is 11.1. The highest BCUT2D eigenvalue weighted by Crippen LogP contribution is 2.16. The molecule has 1 rings (SSSR count). The summed E-state index contributed by atoms with van der Waals surface area (Å²) in [4.78, 5) is 11.1. The van der Waals surface area contributed by atoms with Crippen LogP contribution in [0.25, 0.3) is 0 Å². The molecular formula is C12H24O3. The second-order valence-electron chi connectivity index (χ2n) is 3.58. The van der Waals surface area contributed by atoms with E-state index in [4.69, 9.17) is 9.47 Å². The first-order valence-corrected chi connectivity index (χ1v) is 6.03. The third-order valence-electron chi connectivity index (χ3n) is 2.21. The first kappa shape index (κ1) is 14.4. The van der Waals surface area contributed by atoms with E-state index >= 15 is 0 Å². The molecule has 1 aliphatic heterocycles. The molecule has 3 nitrogen and oxygen atoms in total. The van der Waals surface area contributed by atoms with Crippen LogP contribution in [0, 0.1) is 0 Å². The van der Waals surface area contributed by atoms with E-state index in [-0.39, 0.29) is 12.1 Å². The third kappa shape index (κ3) is 6.50. The fourth-order valence-electron chi connectivity index (χ4n) is 1.40. The zero-order chi connectivity index (χ0) is 11.7. The Hall–Kier alpha value is -0.570. The number of esters is 1. The van der Waals surface area contributed by atoms with Crippen molar-refractivity contribution in [2.24, 2.45) is 0 Å². The molecule has 2 atom stereocenters. The lowest BCUT2D eigenvalue weighted by Crippen LogP contribution is -2.31. The lowest BCUT2D eigenvalue weighted by molar-refractivity contribution is -0.158. The molecule has 0 saturated carbocycles. The zero-order valence-corrected chi connectivity index (χ0v) is 10.4. The molecule has 0 N–H and O–H groups in total. The number of rotatable bonds is 3. The predicted molar refractivity (Wildman–Crippen MR) is 60.8 cm³/mol. The Balaban J connectivity index is 0.000000921. The Morgan fingerprint density at radius 3 is 2.53 bits per heavy atom. The molecule has 0 spiro atoms. The number of hydrogen-bond acceptors (Lipinski definition) is 3. The molecule has 0 aliphatic carbocycles. The number of ether oxygens (including phenoxy) is 2. The van der Waals surface area contributed by atoms with Gasteiger partial charge in [0.15, 0.2) is 0 Å². The van der Waals surface area contributed by atoms with Gasteiger partial charge in [0.05, 0.1) is 12.7 Å². The smallest absolute Gasteiger partial charge is 0.306 e. The minimum absolute atomic E-state index is 0.00440. The Kier molecular flexibility index (Phi) is 8.38. The molecule has 0 radical (unpaired) electrons. The summed E-state index contributed by atoms with van der Waals surface area (Å²) in [6, 6.07) is 0. The molecule has 0 bridgehead atoms. The second-order valence-corrected chi connectivity index (χ2v) is 3.58. The van der Waals surface area contributed by atoms with E-state index in [1.54, 1.807) is 0 Å². The van der Waals surface area contributed by atoms with Gasteiger partial charge in [-0.2, -0.15) is 0 Å². The van der Waals surface area contributed by atoms with Gasteiger partial charge < -0.3 is 9.47 Å². The quantitative estimate of drug-likeness (QED) is 0.680. The summed E-state index contributed by atoms with van der Waals surface area (Å²) in [5, 5.41) is 0. The van der Waals surface area contributed by atoms with Gasteiger partial charge in [0.2, 0.25) is 0 Å². The highest BCUT2D eigenvalue weighted by Gasteiger charge is 2.21. The highest BCUT2D eigenvalue weighted by molar-refractivity contribution is 5.69. The van der Waals surface area contributed by atoms with Crippen LogP contribution in [0.5, 0.6) is 0 Å². The Morgan fingerprint density at radius 2 is 2.07 bits per heavy atom. The molecule has 3 heteroatoms. The third-order valence-corrected chi connectivity index (χ3v) is 2.21. The average Bonchev–Trinajstić information content (AvgIpc) is 2.25. The molecule has 0 amide bonds. The van der Waals surface area contributed by atoms with Gasteiger partial charge in [-0.25, -0.2) is 0 Å². The summed E-state index contributed by atoms with van der Waals surface area (Å²) in [5.74, 6) is -0.0920. The van der Waals surface area contributed by atoms with Gasteiger partial charge in [0.1, 0.15) is 6.10 Å². The van der Waals surface area contributed by atoms with E-state index in [1.807, 2.05) is 27.7 Å². The summed E-state index contributed by atoms with van der Waals surface area (Å²) in [6.45, 7) is 8.58. The van der Waals surface area contributed by atoms with Crippen molar-refractivity contribution < 1.29 is 14.3 Å². The van der Waals surface area contributed by atoms with E-state index in [0.717, 1.165) is 19.3 Å². The molecule has 90 valence electrons. The molecule has 0 aromatic heterocycles. The van der Waals surface area contributed by atoms with Crippen molar-refractivity contribution >= 4 is 5.97 Å². The van der Waals surface area contributed by atoms with Crippen molar-refractivity contribution in [3.05, 3.63) is 0 Å². The Bertz CT molecular complexity index is 160. The van der Waals surface area contributed by atoms with E-state index < -0.39 is 0 Å². The van der Waals surface area contributed by atoms with Crippen LogP contribution in [0.4, 0.5) is 0 Å². The molecule has 1 aliphatic rings. The maximum atomic E-state index is 11.1. The van der Waals surface area contributed by atoms with Crippen molar-refractivity contribution in [1.29, 1.82) is 0 Å². The van der Waals surface area contributed by atoms with Gasteiger partial charge in [-0.15, -0.1) is 0 Å². The summed E-state index contributed by atoms with van der Waals surface area (Å²) in [7, 11) is 0. The maximum Gasteiger partial charge on any atom is 0.306 e. The summed E-state index contributed by atoms with van der Waals surface area (Å²) in [5.41, 5.74) is 0. The van der Waals surface area contributed by atoms with Crippen molar-refractivity contribution in [3.63, 3.8) is 0 Å². The van der Waals surface area contributed by atoms with Crippen LogP contribution < -0.4 is 0 Å². The first-order valence-electron chi connectivity index (χ1n) is 6.03. The topological polar surface area (TPSA) is 35.5 Å². The normalized spacial score (nSPS) is 25.1. The summed E-state index contributed by atoms with van der Waals surface area (Å²) < 4.78 is 10.6. The molecule has 0 aromatic carbocycles. The molecule has 1 fully saturated rings. The number of carbonyl (C=O) groups excluding carboxylic acids is 1. The fourth-order valence-corrected chi connectivity index (χ4v) is 1.40. The van der Waals surface area contributed by atoms with Crippen LogP contribution >= 0.6 is 0 Å². The first-order chi connectivity index (χ1) is 7.22. The van der Waals surface area contributed by atoms with Gasteiger partial charge in [-0.1, -0.05) is 20.8 Å². The van der Waals surface area contributed by atoms with Crippen LogP contribution in [-0.2, 0) is 14.3 Å². The largest absolute Gasteiger partial charge is 0.460 e. The van der Waals surface area contributed by atoms with Crippen LogP contribution in [-0.4, -0.2) is 24.8 Å².